The van der Waals surface area contributed by atoms with Crippen molar-refractivity contribution in [3.63, 3.8) is 0 Å². The zero-order valence-corrected chi connectivity index (χ0v) is 12.2. The fraction of sp³-hybridized carbons (Fsp3) is 0.625. The molecule has 1 aromatic rings. The lowest BCUT2D eigenvalue weighted by atomic mass is 9.93. The van der Waals surface area contributed by atoms with Crippen molar-refractivity contribution in [1.29, 1.82) is 0 Å². The number of unbranched alkanes of at least 4 members (excludes halogenated alkanes) is 4. The number of benzene rings is 1. The molecule has 0 bridgehead atoms. The fourth-order valence-electron chi connectivity index (χ4n) is 2.25. The van der Waals surface area contributed by atoms with Crippen LogP contribution < -0.4 is 11.1 Å². The summed E-state index contributed by atoms with van der Waals surface area (Å²) in [6, 6.07) is 6.57. The lowest BCUT2D eigenvalue weighted by Crippen LogP contribution is -2.42. The SMILES string of the molecule is CCCCCCCC(C)(CN)Nc1cccc(F)c1. The highest BCUT2D eigenvalue weighted by atomic mass is 19.1. The molecule has 1 aromatic carbocycles. The van der Waals surface area contributed by atoms with Crippen molar-refractivity contribution in [2.75, 3.05) is 11.9 Å². The second-order valence-corrected chi connectivity index (χ2v) is 5.56. The second kappa shape index (κ2) is 8.16. The summed E-state index contributed by atoms with van der Waals surface area (Å²) in [5, 5.41) is 3.37. The molecular weight excluding hydrogens is 239 g/mol. The van der Waals surface area contributed by atoms with Crippen LogP contribution in [-0.2, 0) is 0 Å². The van der Waals surface area contributed by atoms with Gasteiger partial charge in [-0.2, -0.15) is 0 Å². The van der Waals surface area contributed by atoms with Gasteiger partial charge in [-0.1, -0.05) is 45.1 Å². The molecule has 1 unspecified atom stereocenters. The number of rotatable bonds is 9. The molecule has 0 heterocycles. The van der Waals surface area contributed by atoms with Crippen molar-refractivity contribution < 1.29 is 4.39 Å². The van der Waals surface area contributed by atoms with Crippen molar-refractivity contribution >= 4 is 5.69 Å². The molecule has 3 N–H and O–H groups in total. The molecule has 0 radical (unpaired) electrons. The van der Waals surface area contributed by atoms with Crippen LogP contribution in [0.3, 0.4) is 0 Å². The molecule has 0 amide bonds. The predicted molar refractivity (Wildman–Crippen MR) is 80.9 cm³/mol. The zero-order valence-electron chi connectivity index (χ0n) is 12.2. The number of hydrogen-bond donors (Lipinski definition) is 2. The third-order valence-electron chi connectivity index (χ3n) is 3.55. The van der Waals surface area contributed by atoms with E-state index in [-0.39, 0.29) is 11.4 Å². The van der Waals surface area contributed by atoms with E-state index in [2.05, 4.69) is 19.2 Å². The smallest absolute Gasteiger partial charge is 0.125 e. The lowest BCUT2D eigenvalue weighted by molar-refractivity contribution is 0.448. The number of nitrogens with one attached hydrogen (secondary N) is 1. The Hall–Kier alpha value is -1.09. The Morgan fingerprint density at radius 2 is 1.95 bits per heavy atom. The largest absolute Gasteiger partial charge is 0.379 e. The van der Waals surface area contributed by atoms with E-state index < -0.39 is 0 Å². The average molecular weight is 266 g/mol. The molecule has 0 spiro atoms. The molecule has 2 nitrogen and oxygen atoms in total. The number of nitrogens with two attached hydrogens (primary N) is 1. The Morgan fingerprint density at radius 3 is 2.58 bits per heavy atom. The van der Waals surface area contributed by atoms with Crippen molar-refractivity contribution in [3.05, 3.63) is 30.1 Å². The first-order valence-electron chi connectivity index (χ1n) is 7.33. The van der Waals surface area contributed by atoms with Crippen molar-refractivity contribution in [2.45, 2.75) is 57.9 Å². The van der Waals surface area contributed by atoms with Crippen molar-refractivity contribution in [3.8, 4) is 0 Å². The molecule has 3 heteroatoms. The monoisotopic (exact) mass is 266 g/mol. The minimum Gasteiger partial charge on any atom is -0.379 e. The van der Waals surface area contributed by atoms with Crippen LogP contribution in [0.1, 0.15) is 52.4 Å². The minimum absolute atomic E-state index is 0.153. The first-order chi connectivity index (χ1) is 9.09. The summed E-state index contributed by atoms with van der Waals surface area (Å²) >= 11 is 0. The number of anilines is 1. The Balaban J connectivity index is 2.45. The molecule has 19 heavy (non-hydrogen) atoms. The van der Waals surface area contributed by atoms with Gasteiger partial charge in [0.05, 0.1) is 0 Å². The van der Waals surface area contributed by atoms with E-state index in [1.54, 1.807) is 6.07 Å². The summed E-state index contributed by atoms with van der Waals surface area (Å²) in [6.07, 6.45) is 7.28. The van der Waals surface area contributed by atoms with E-state index in [0.717, 1.165) is 18.5 Å². The van der Waals surface area contributed by atoms with E-state index in [4.69, 9.17) is 5.73 Å². The van der Waals surface area contributed by atoms with Gasteiger partial charge in [-0.15, -0.1) is 0 Å². The minimum atomic E-state index is -0.215. The maximum absolute atomic E-state index is 13.2. The Bertz CT molecular complexity index is 368. The highest BCUT2D eigenvalue weighted by Crippen LogP contribution is 2.21. The Labute approximate surface area is 116 Å². The Kier molecular flexibility index (Phi) is 6.85. The third kappa shape index (κ3) is 6.06. The first kappa shape index (κ1) is 16.0. The van der Waals surface area contributed by atoms with E-state index >= 15 is 0 Å². The molecule has 0 fully saturated rings. The summed E-state index contributed by atoms with van der Waals surface area (Å²) in [6.45, 7) is 4.88. The van der Waals surface area contributed by atoms with Crippen LogP contribution in [0.2, 0.25) is 0 Å². The summed E-state index contributed by atoms with van der Waals surface area (Å²) in [5.41, 5.74) is 6.53. The summed E-state index contributed by atoms with van der Waals surface area (Å²) in [5.74, 6) is -0.215. The molecule has 0 aliphatic heterocycles. The number of hydrogen-bond acceptors (Lipinski definition) is 2. The van der Waals surface area contributed by atoms with E-state index in [1.165, 1.54) is 37.8 Å². The van der Waals surface area contributed by atoms with Gasteiger partial charge in [-0.05, 0) is 31.5 Å². The molecule has 1 rings (SSSR count). The Morgan fingerprint density at radius 1 is 1.21 bits per heavy atom. The van der Waals surface area contributed by atoms with Gasteiger partial charge in [-0.3, -0.25) is 0 Å². The van der Waals surface area contributed by atoms with E-state index in [9.17, 15) is 4.39 Å². The molecular formula is C16H27FN2. The molecule has 1 atom stereocenters. The summed E-state index contributed by atoms with van der Waals surface area (Å²) < 4.78 is 13.2. The second-order valence-electron chi connectivity index (χ2n) is 5.56. The standard InChI is InChI=1S/C16H27FN2/c1-3-4-5-6-7-11-16(2,13-18)19-15-10-8-9-14(17)12-15/h8-10,12,19H,3-7,11,13,18H2,1-2H3. The van der Waals surface area contributed by atoms with Crippen LogP contribution in [0.5, 0.6) is 0 Å². The van der Waals surface area contributed by atoms with Gasteiger partial charge in [0, 0.05) is 17.8 Å². The molecule has 0 saturated heterocycles. The molecule has 0 saturated carbocycles. The van der Waals surface area contributed by atoms with Crippen LogP contribution in [-0.4, -0.2) is 12.1 Å². The van der Waals surface area contributed by atoms with Gasteiger partial charge in [0.15, 0.2) is 0 Å². The van der Waals surface area contributed by atoms with Gasteiger partial charge in [-0.25, -0.2) is 4.39 Å². The first-order valence-corrected chi connectivity index (χ1v) is 7.33. The zero-order chi connectivity index (χ0) is 14.1. The van der Waals surface area contributed by atoms with Gasteiger partial charge < -0.3 is 11.1 Å². The van der Waals surface area contributed by atoms with Crippen molar-refractivity contribution in [1.82, 2.24) is 0 Å². The summed E-state index contributed by atoms with van der Waals surface area (Å²) in [7, 11) is 0. The maximum atomic E-state index is 13.2. The average Bonchev–Trinajstić information content (AvgIpc) is 2.38. The van der Waals surface area contributed by atoms with Crippen LogP contribution in [0.15, 0.2) is 24.3 Å². The van der Waals surface area contributed by atoms with Crippen LogP contribution in [0.4, 0.5) is 10.1 Å². The van der Waals surface area contributed by atoms with Crippen LogP contribution in [0, 0.1) is 5.82 Å². The van der Waals surface area contributed by atoms with E-state index in [0.29, 0.717) is 6.54 Å². The molecule has 0 aliphatic rings. The highest BCUT2D eigenvalue weighted by molar-refractivity contribution is 5.45. The van der Waals surface area contributed by atoms with Gasteiger partial charge in [0.25, 0.3) is 0 Å². The van der Waals surface area contributed by atoms with Gasteiger partial charge >= 0.3 is 0 Å². The fourth-order valence-corrected chi connectivity index (χ4v) is 2.25. The maximum Gasteiger partial charge on any atom is 0.125 e. The topological polar surface area (TPSA) is 38.0 Å². The molecule has 0 aliphatic carbocycles. The molecule has 108 valence electrons. The third-order valence-corrected chi connectivity index (χ3v) is 3.55. The van der Waals surface area contributed by atoms with Crippen molar-refractivity contribution in [2.24, 2.45) is 5.73 Å². The van der Waals surface area contributed by atoms with Gasteiger partial charge in [0.2, 0.25) is 0 Å². The summed E-state index contributed by atoms with van der Waals surface area (Å²) in [4.78, 5) is 0. The highest BCUT2D eigenvalue weighted by Gasteiger charge is 2.21. The lowest BCUT2D eigenvalue weighted by Gasteiger charge is -2.31. The number of halogens is 1. The van der Waals surface area contributed by atoms with Gasteiger partial charge in [0.1, 0.15) is 5.82 Å². The molecule has 0 aromatic heterocycles. The van der Waals surface area contributed by atoms with Crippen LogP contribution in [0.25, 0.3) is 0 Å². The quantitative estimate of drug-likeness (QED) is 0.653. The van der Waals surface area contributed by atoms with E-state index in [1.807, 2.05) is 6.07 Å². The normalized spacial score (nSPS) is 14.1. The van der Waals surface area contributed by atoms with Crippen LogP contribution >= 0.6 is 0 Å². The predicted octanol–water partition coefficient (Wildman–Crippen LogP) is 4.32.